The smallest absolute Gasteiger partial charge is 0.326 e. The van der Waals surface area contributed by atoms with E-state index in [0.717, 1.165) is 48.6 Å². The summed E-state index contributed by atoms with van der Waals surface area (Å²) < 4.78 is 70.9. The lowest BCUT2D eigenvalue weighted by molar-refractivity contribution is -0.144. The molecule has 35 heteroatoms. The van der Waals surface area contributed by atoms with E-state index in [2.05, 4.69) is 61.8 Å². The second-order valence-electron chi connectivity index (χ2n) is 14.0. The number of aldehydes is 1. The molecule has 0 bridgehead atoms. The Balaban J connectivity index is 1.74. The summed E-state index contributed by atoms with van der Waals surface area (Å²) in [7, 11) is -10.4. The topological polar surface area (TPSA) is 536 Å². The van der Waals surface area contributed by atoms with Crippen molar-refractivity contribution in [1.82, 2.24) is 29.9 Å². The van der Waals surface area contributed by atoms with Gasteiger partial charge >= 0.3 is 41.8 Å². The Labute approximate surface area is 395 Å². The zero-order valence-corrected chi connectivity index (χ0v) is 36.9. The number of carbonyl (C=O) groups is 8. The van der Waals surface area contributed by atoms with Crippen LogP contribution in [0.3, 0.4) is 0 Å². The lowest BCUT2D eigenvalue weighted by Gasteiger charge is -2.17. The van der Waals surface area contributed by atoms with Crippen LogP contribution in [0.5, 0.6) is 0 Å². The van der Waals surface area contributed by atoms with Crippen LogP contribution in [0, 0.1) is 0 Å². The molecule has 4 unspecified atom stereocenters. The molecule has 33 nitrogen and oxygen atoms in total. The second kappa shape index (κ2) is 23.2. The molecule has 2 heterocycles. The molecule has 15 N–H and O–H groups in total. The molecule has 4 rings (SSSR count). The number of nitrogens with one attached hydrogen (secondary N) is 6. The minimum atomic E-state index is -5.19. The predicted molar refractivity (Wildman–Crippen MR) is 235 cm³/mol. The number of nitrogens with zero attached hydrogens (tertiary/aromatic N) is 6. The van der Waals surface area contributed by atoms with Crippen LogP contribution in [-0.2, 0) is 58.6 Å². The highest BCUT2D eigenvalue weighted by Gasteiger charge is 2.27. The molecular formula is C36H36N12O21S2. The van der Waals surface area contributed by atoms with Crippen LogP contribution >= 0.6 is 0 Å². The summed E-state index contributed by atoms with van der Waals surface area (Å²) in [5, 5.41) is 79.3. The van der Waals surface area contributed by atoms with Gasteiger partial charge in [0.05, 0.1) is 19.3 Å². The molecule has 0 aliphatic carbocycles. The van der Waals surface area contributed by atoms with Crippen LogP contribution in [0.15, 0.2) is 46.2 Å². The largest absolute Gasteiger partial charge is 0.481 e. The first-order chi connectivity index (χ1) is 33.1. The Morgan fingerprint density at radius 2 is 0.746 bits per heavy atom. The van der Waals surface area contributed by atoms with E-state index in [1.165, 1.54) is 0 Å². The average molecular weight is 1040 g/mol. The number of aliphatic carboxylic acids is 7. The molecule has 378 valence electrons. The van der Waals surface area contributed by atoms with Crippen LogP contribution in [-0.4, -0.2) is 164 Å². The van der Waals surface area contributed by atoms with Crippen LogP contribution in [0.4, 0.5) is 47.1 Å². The zero-order chi connectivity index (χ0) is 53.0. The molecule has 0 aliphatic rings. The zero-order valence-electron chi connectivity index (χ0n) is 35.3. The molecule has 0 radical (unpaired) electrons. The summed E-state index contributed by atoms with van der Waals surface area (Å²) in [5.74, 6) is -15.2. The van der Waals surface area contributed by atoms with Crippen molar-refractivity contribution in [3.8, 4) is 0 Å². The Morgan fingerprint density at radius 3 is 1.00 bits per heavy atom. The third kappa shape index (κ3) is 16.5. The fourth-order valence-electron chi connectivity index (χ4n) is 5.57. The van der Waals surface area contributed by atoms with Crippen molar-refractivity contribution in [3.05, 3.63) is 47.5 Å². The number of anilines is 8. The van der Waals surface area contributed by atoms with Gasteiger partial charge < -0.3 is 72.4 Å². The predicted octanol–water partition coefficient (Wildman–Crippen LogP) is -0.319. The first-order valence-electron chi connectivity index (χ1n) is 19.2. The minimum absolute atomic E-state index is 0.245. The molecule has 0 saturated carbocycles. The molecule has 71 heavy (non-hydrogen) atoms. The summed E-state index contributed by atoms with van der Waals surface area (Å²) in [4.78, 5) is 113. The molecule has 2 aromatic heterocycles. The fraction of sp³-hybridized carbons (Fsp3) is 0.222. The van der Waals surface area contributed by atoms with Crippen molar-refractivity contribution in [1.29, 1.82) is 0 Å². The molecule has 0 amide bonds. The SMILES string of the molecule is O=CCC(Nc1nc(Nc2ccc(/C=C/c3ccc(Nc4nc(NC(CC(=O)O)C(=O)O)nc(NC(CC(=O)O)C(=O)O)n4)cc3S(=O)(=O)O)c(S(=O)(=O)O)c2)nc(NC(CC(=O)O)C(=O)O)n1)C(=O)O. The van der Waals surface area contributed by atoms with E-state index in [4.69, 9.17) is 15.3 Å². The highest BCUT2D eigenvalue weighted by atomic mass is 32.2. The number of hydrogen-bond donors (Lipinski definition) is 15. The van der Waals surface area contributed by atoms with Crippen molar-refractivity contribution in [2.45, 2.75) is 59.6 Å². The number of carbonyl (C=O) groups excluding carboxylic acids is 1. The van der Waals surface area contributed by atoms with Crippen LogP contribution in [0.1, 0.15) is 36.8 Å². The maximum atomic E-state index is 12.6. The summed E-state index contributed by atoms with van der Waals surface area (Å²) in [6, 6.07) is -1.32. The van der Waals surface area contributed by atoms with Gasteiger partial charge in [0, 0.05) is 17.8 Å². The van der Waals surface area contributed by atoms with Gasteiger partial charge in [-0.25, -0.2) is 19.2 Å². The van der Waals surface area contributed by atoms with E-state index in [0.29, 0.717) is 0 Å². The van der Waals surface area contributed by atoms with Gasteiger partial charge in [-0.2, -0.15) is 46.7 Å². The van der Waals surface area contributed by atoms with Crippen LogP contribution in [0.2, 0.25) is 0 Å². The average Bonchev–Trinajstić information content (AvgIpc) is 3.24. The molecule has 0 saturated heterocycles. The third-order valence-electron chi connectivity index (χ3n) is 8.68. The summed E-state index contributed by atoms with van der Waals surface area (Å²) in [6.45, 7) is 0. The Morgan fingerprint density at radius 1 is 0.465 bits per heavy atom. The molecule has 0 aliphatic heterocycles. The number of hydrogen-bond acceptors (Lipinski definition) is 24. The highest BCUT2D eigenvalue weighted by molar-refractivity contribution is 7.86. The second-order valence-corrected chi connectivity index (χ2v) is 16.8. The first-order valence-corrected chi connectivity index (χ1v) is 22.0. The molecule has 0 fully saturated rings. The summed E-state index contributed by atoms with van der Waals surface area (Å²) >= 11 is 0. The number of carboxylic acids is 7. The normalized spacial score (nSPS) is 13.1. The standard InChI is InChI=1S/C36H36N12O21S2/c49-8-7-18(27(56)57)39-33-43-31(44-34(47-33)40-19(28(58)59)11-24(50)51)37-16-5-3-14(22(9-16)70(64,65)66)1-2-15-4-6-17(10-23(15)71(67,68)69)38-32-45-35(41-20(29(60)61)12-25(52)53)48-36(46-32)42-21(30(62)63)13-26(54)55/h1-6,8-10,18-21H,7,11-13H2,(H,50,51)(H,52,53)(H,54,55)(H,56,57)(H,58,59)(H,60,61)(H,62,63)(H,64,65,66)(H,67,68,69)(H3,37,39,40,43,44,47)(H3,38,41,42,45,46,48)/b2-1+. The molecule has 4 aromatic rings. The van der Waals surface area contributed by atoms with E-state index < -0.39 is 157 Å². The maximum Gasteiger partial charge on any atom is 0.326 e. The lowest BCUT2D eigenvalue weighted by Crippen LogP contribution is -2.34. The first kappa shape index (κ1) is 54.4. The van der Waals surface area contributed by atoms with Gasteiger partial charge in [0.25, 0.3) is 20.2 Å². The van der Waals surface area contributed by atoms with Crippen molar-refractivity contribution >= 4 is 128 Å². The van der Waals surface area contributed by atoms with Crippen LogP contribution < -0.4 is 31.9 Å². The number of benzene rings is 2. The molecule has 2 aromatic carbocycles. The van der Waals surface area contributed by atoms with Gasteiger partial charge in [0.1, 0.15) is 40.2 Å². The van der Waals surface area contributed by atoms with Gasteiger partial charge in [-0.1, -0.05) is 24.3 Å². The van der Waals surface area contributed by atoms with E-state index in [9.17, 15) is 84.7 Å². The summed E-state index contributed by atoms with van der Waals surface area (Å²) in [5.41, 5.74) is -1.20. The van der Waals surface area contributed by atoms with E-state index in [1.54, 1.807) is 0 Å². The number of rotatable bonds is 28. The van der Waals surface area contributed by atoms with Crippen molar-refractivity contribution in [2.24, 2.45) is 0 Å². The van der Waals surface area contributed by atoms with Gasteiger partial charge in [-0.05, 0) is 35.4 Å². The molecule has 4 atom stereocenters. The van der Waals surface area contributed by atoms with Crippen molar-refractivity contribution in [2.75, 3.05) is 31.9 Å². The van der Waals surface area contributed by atoms with Gasteiger partial charge in [0.15, 0.2) is 0 Å². The molecule has 0 spiro atoms. The summed E-state index contributed by atoms with van der Waals surface area (Å²) in [6.07, 6.45) is -1.49. The quantitative estimate of drug-likeness (QED) is 0.0197. The van der Waals surface area contributed by atoms with E-state index in [-0.39, 0.29) is 28.8 Å². The van der Waals surface area contributed by atoms with Gasteiger partial charge in [-0.3, -0.25) is 23.5 Å². The van der Waals surface area contributed by atoms with Crippen LogP contribution in [0.25, 0.3) is 12.2 Å². The minimum Gasteiger partial charge on any atom is -0.481 e. The van der Waals surface area contributed by atoms with E-state index >= 15 is 0 Å². The van der Waals surface area contributed by atoms with Crippen molar-refractivity contribution in [3.63, 3.8) is 0 Å². The van der Waals surface area contributed by atoms with Gasteiger partial charge in [-0.15, -0.1) is 0 Å². The number of aromatic nitrogens is 6. The Kier molecular flexibility index (Phi) is 17.8. The van der Waals surface area contributed by atoms with Crippen molar-refractivity contribution < 1.29 is 100 Å². The maximum absolute atomic E-state index is 12.6. The number of carboxylic acid groups (broad SMARTS) is 7. The van der Waals surface area contributed by atoms with E-state index in [1.807, 2.05) is 0 Å². The Hall–Kier alpha value is -9.22. The molecular weight excluding hydrogens is 1000 g/mol. The fourth-order valence-corrected chi connectivity index (χ4v) is 6.99. The van der Waals surface area contributed by atoms with Gasteiger partial charge in [0.2, 0.25) is 35.7 Å². The monoisotopic (exact) mass is 1040 g/mol. The lowest BCUT2D eigenvalue weighted by atomic mass is 10.1. The Bertz CT molecular complexity index is 2980. The third-order valence-corrected chi connectivity index (χ3v) is 10.5. The highest BCUT2D eigenvalue weighted by Crippen LogP contribution is 2.29.